The van der Waals surface area contributed by atoms with E-state index in [2.05, 4.69) is 5.32 Å². The van der Waals surface area contributed by atoms with Gasteiger partial charge in [0.15, 0.2) is 0 Å². The SMILES string of the molecule is O=C(c1cc(NC2CCOC(C3CC3)C2)ccc1[N+](=O)[O-])N1CCCC1. The van der Waals surface area contributed by atoms with Crippen LogP contribution in [0.5, 0.6) is 0 Å². The molecule has 1 aromatic carbocycles. The minimum absolute atomic E-state index is 0.115. The molecule has 1 amide bonds. The maximum atomic E-state index is 12.7. The largest absolute Gasteiger partial charge is 0.382 e. The van der Waals surface area contributed by atoms with Crippen LogP contribution in [0.15, 0.2) is 18.2 Å². The van der Waals surface area contributed by atoms with Crippen LogP contribution in [0.2, 0.25) is 0 Å². The van der Waals surface area contributed by atoms with Gasteiger partial charge >= 0.3 is 0 Å². The summed E-state index contributed by atoms with van der Waals surface area (Å²) >= 11 is 0. The van der Waals surface area contributed by atoms with Crippen LogP contribution in [0.3, 0.4) is 0 Å². The molecule has 3 aliphatic rings. The molecule has 0 radical (unpaired) electrons. The van der Waals surface area contributed by atoms with Crippen molar-refractivity contribution in [2.45, 2.75) is 50.7 Å². The minimum Gasteiger partial charge on any atom is -0.382 e. The molecule has 7 nitrogen and oxygen atoms in total. The van der Waals surface area contributed by atoms with Crippen molar-refractivity contribution in [2.75, 3.05) is 25.0 Å². The molecule has 2 aliphatic heterocycles. The Balaban J connectivity index is 1.51. The monoisotopic (exact) mass is 359 g/mol. The van der Waals surface area contributed by atoms with E-state index < -0.39 is 4.92 Å². The molecular weight excluding hydrogens is 334 g/mol. The number of carbonyl (C=O) groups is 1. The number of benzene rings is 1. The Labute approximate surface area is 152 Å². The van der Waals surface area contributed by atoms with Crippen LogP contribution >= 0.6 is 0 Å². The van der Waals surface area contributed by atoms with Gasteiger partial charge in [-0.3, -0.25) is 14.9 Å². The highest BCUT2D eigenvalue weighted by Crippen LogP contribution is 2.38. The standard InChI is InChI=1S/C19H25N3O4/c23-19(21-8-1-2-9-21)16-11-14(5-6-17(16)22(24)25)20-15-7-10-26-18(12-15)13-3-4-13/h5-6,11,13,15,18,20H,1-4,7-10,12H2. The van der Waals surface area contributed by atoms with Crippen molar-refractivity contribution >= 4 is 17.3 Å². The average Bonchev–Trinajstić information content (AvgIpc) is 3.35. The number of nitrogens with zero attached hydrogens (tertiary/aromatic N) is 2. The number of amides is 1. The van der Waals surface area contributed by atoms with Crippen LogP contribution in [0.4, 0.5) is 11.4 Å². The molecule has 3 fully saturated rings. The van der Waals surface area contributed by atoms with Gasteiger partial charge in [0.05, 0.1) is 11.0 Å². The molecule has 0 bridgehead atoms. The molecular formula is C19H25N3O4. The maximum absolute atomic E-state index is 12.7. The first-order chi connectivity index (χ1) is 12.6. The Hall–Kier alpha value is -2.15. The number of nitrogens with one attached hydrogen (secondary N) is 1. The van der Waals surface area contributed by atoms with E-state index in [0.29, 0.717) is 25.1 Å². The predicted molar refractivity (Wildman–Crippen MR) is 97.3 cm³/mol. The third-order valence-electron chi connectivity index (χ3n) is 5.65. The molecule has 0 aromatic heterocycles. The summed E-state index contributed by atoms with van der Waals surface area (Å²) in [6.07, 6.45) is 6.62. The van der Waals surface area contributed by atoms with Gasteiger partial charge < -0.3 is 15.0 Å². The lowest BCUT2D eigenvalue weighted by Crippen LogP contribution is -2.35. The van der Waals surface area contributed by atoms with Crippen molar-refractivity contribution in [3.8, 4) is 0 Å². The molecule has 1 aliphatic carbocycles. The summed E-state index contributed by atoms with van der Waals surface area (Å²) in [5.41, 5.74) is 0.850. The van der Waals surface area contributed by atoms with E-state index in [0.717, 1.165) is 38.0 Å². The molecule has 1 N–H and O–H groups in total. The summed E-state index contributed by atoms with van der Waals surface area (Å²) in [7, 11) is 0. The third-order valence-corrected chi connectivity index (χ3v) is 5.65. The van der Waals surface area contributed by atoms with Crippen LogP contribution < -0.4 is 5.32 Å². The minimum atomic E-state index is -0.468. The first-order valence-corrected chi connectivity index (χ1v) is 9.57. The Morgan fingerprint density at radius 2 is 2.00 bits per heavy atom. The fourth-order valence-corrected chi connectivity index (χ4v) is 4.04. The molecule has 2 unspecified atom stereocenters. The van der Waals surface area contributed by atoms with E-state index in [1.807, 2.05) is 0 Å². The second-order valence-corrected chi connectivity index (χ2v) is 7.60. The van der Waals surface area contributed by atoms with Crippen molar-refractivity contribution in [2.24, 2.45) is 5.92 Å². The first kappa shape index (κ1) is 17.3. The number of likely N-dealkylation sites (tertiary alicyclic amines) is 1. The molecule has 2 heterocycles. The molecule has 7 heteroatoms. The van der Waals surface area contributed by atoms with E-state index in [1.54, 1.807) is 17.0 Å². The molecule has 26 heavy (non-hydrogen) atoms. The third kappa shape index (κ3) is 3.67. The van der Waals surface area contributed by atoms with Gasteiger partial charge in [-0.25, -0.2) is 0 Å². The number of rotatable bonds is 5. The average molecular weight is 359 g/mol. The number of nitro benzene ring substituents is 1. The predicted octanol–water partition coefficient (Wildman–Crippen LogP) is 3.20. The fourth-order valence-electron chi connectivity index (χ4n) is 4.04. The summed E-state index contributed by atoms with van der Waals surface area (Å²) in [6.45, 7) is 2.10. The van der Waals surface area contributed by atoms with Gasteiger partial charge in [0.1, 0.15) is 5.56 Å². The van der Waals surface area contributed by atoms with E-state index in [4.69, 9.17) is 4.74 Å². The zero-order valence-electron chi connectivity index (χ0n) is 14.9. The quantitative estimate of drug-likeness (QED) is 0.645. The zero-order valence-corrected chi connectivity index (χ0v) is 14.9. The Morgan fingerprint density at radius 3 is 2.69 bits per heavy atom. The van der Waals surface area contributed by atoms with Crippen LogP contribution in [0, 0.1) is 16.0 Å². The summed E-state index contributed by atoms with van der Waals surface area (Å²) < 4.78 is 5.86. The smallest absolute Gasteiger partial charge is 0.282 e. The lowest BCUT2D eigenvalue weighted by atomic mass is 9.99. The van der Waals surface area contributed by atoms with Crippen LogP contribution in [-0.2, 0) is 4.74 Å². The lowest BCUT2D eigenvalue weighted by molar-refractivity contribution is -0.385. The van der Waals surface area contributed by atoms with Crippen LogP contribution in [0.1, 0.15) is 48.9 Å². The van der Waals surface area contributed by atoms with Crippen LogP contribution in [-0.4, -0.2) is 47.6 Å². The van der Waals surface area contributed by atoms with E-state index >= 15 is 0 Å². The summed E-state index contributed by atoms with van der Waals surface area (Å²) in [5.74, 6) is 0.462. The van der Waals surface area contributed by atoms with Gasteiger partial charge in [-0.05, 0) is 56.6 Å². The number of carbonyl (C=O) groups excluding carboxylic acids is 1. The summed E-state index contributed by atoms with van der Waals surface area (Å²) in [5, 5.41) is 14.8. The van der Waals surface area contributed by atoms with Gasteiger partial charge in [-0.15, -0.1) is 0 Å². The lowest BCUT2D eigenvalue weighted by Gasteiger charge is -2.31. The highest BCUT2D eigenvalue weighted by molar-refractivity contribution is 5.99. The first-order valence-electron chi connectivity index (χ1n) is 9.57. The van der Waals surface area contributed by atoms with Crippen molar-refractivity contribution < 1.29 is 14.5 Å². The summed E-state index contributed by atoms with van der Waals surface area (Å²) in [4.78, 5) is 25.3. The second kappa shape index (κ2) is 7.23. The van der Waals surface area contributed by atoms with Crippen molar-refractivity contribution in [1.82, 2.24) is 4.90 Å². The van der Waals surface area contributed by atoms with Gasteiger partial charge in [0.25, 0.3) is 11.6 Å². The number of ether oxygens (including phenoxy) is 1. The topological polar surface area (TPSA) is 84.7 Å². The highest BCUT2D eigenvalue weighted by Gasteiger charge is 2.36. The molecule has 1 saturated carbocycles. The number of hydrogen-bond donors (Lipinski definition) is 1. The van der Waals surface area contributed by atoms with Crippen molar-refractivity contribution in [3.05, 3.63) is 33.9 Å². The van der Waals surface area contributed by atoms with Gasteiger partial charge in [0.2, 0.25) is 0 Å². The Kier molecular flexibility index (Phi) is 4.80. The molecule has 2 atom stereocenters. The van der Waals surface area contributed by atoms with Gasteiger partial charge in [-0.1, -0.05) is 0 Å². The molecule has 2 saturated heterocycles. The molecule has 4 rings (SSSR count). The maximum Gasteiger partial charge on any atom is 0.282 e. The second-order valence-electron chi connectivity index (χ2n) is 7.60. The normalized spacial score (nSPS) is 25.9. The highest BCUT2D eigenvalue weighted by atomic mass is 16.6. The van der Waals surface area contributed by atoms with Crippen LogP contribution in [0.25, 0.3) is 0 Å². The van der Waals surface area contributed by atoms with Crippen molar-refractivity contribution in [1.29, 1.82) is 0 Å². The van der Waals surface area contributed by atoms with Gasteiger partial charge in [-0.2, -0.15) is 0 Å². The van der Waals surface area contributed by atoms with E-state index in [9.17, 15) is 14.9 Å². The molecule has 1 aromatic rings. The zero-order chi connectivity index (χ0) is 18.1. The number of hydrogen-bond acceptors (Lipinski definition) is 5. The summed E-state index contributed by atoms with van der Waals surface area (Å²) in [6, 6.07) is 5.09. The number of anilines is 1. The Bertz CT molecular complexity index is 698. The fraction of sp³-hybridized carbons (Fsp3) is 0.632. The van der Waals surface area contributed by atoms with E-state index in [-0.39, 0.29) is 23.2 Å². The Morgan fingerprint density at radius 1 is 1.23 bits per heavy atom. The van der Waals surface area contributed by atoms with Crippen molar-refractivity contribution in [3.63, 3.8) is 0 Å². The number of nitro groups is 1. The van der Waals surface area contributed by atoms with Gasteiger partial charge in [0, 0.05) is 37.5 Å². The molecule has 140 valence electrons. The van der Waals surface area contributed by atoms with E-state index in [1.165, 1.54) is 18.9 Å². The molecule has 0 spiro atoms.